The van der Waals surface area contributed by atoms with Crippen LogP contribution in [0, 0.1) is 6.07 Å². The third-order valence-corrected chi connectivity index (χ3v) is 1.67. The predicted octanol–water partition coefficient (Wildman–Crippen LogP) is 2.34. The molecule has 0 heterocycles. The van der Waals surface area contributed by atoms with Crippen LogP contribution in [-0.4, -0.2) is 5.11 Å². The molecule has 1 radical (unpaired) electrons. The minimum atomic E-state index is 0. The molecule has 12 heavy (non-hydrogen) atoms. The van der Waals surface area contributed by atoms with E-state index in [9.17, 15) is 0 Å². The number of aromatic hydroxyl groups is 1. The van der Waals surface area contributed by atoms with Gasteiger partial charge in [0.15, 0.2) is 0 Å². The number of phenolic OH excluding ortho intramolecular Hbond substituents is 1. The van der Waals surface area contributed by atoms with E-state index in [-0.39, 0.29) is 32.7 Å². The van der Waals surface area contributed by atoms with Gasteiger partial charge in [-0.05, 0) is 12.1 Å². The number of fused-ring (bicyclic) bond motifs is 1. The Morgan fingerprint density at radius 2 is 1.92 bits per heavy atom. The number of hydrogen-bond donors (Lipinski definition) is 1. The van der Waals surface area contributed by atoms with E-state index in [1.165, 1.54) is 0 Å². The van der Waals surface area contributed by atoms with Crippen LogP contribution < -0.4 is 0 Å². The molecule has 0 saturated heterocycles. The van der Waals surface area contributed by atoms with E-state index >= 15 is 0 Å². The van der Waals surface area contributed by atoms with Crippen LogP contribution in [0.1, 0.15) is 0 Å². The predicted molar refractivity (Wildman–Crippen MR) is 44.4 cm³/mol. The van der Waals surface area contributed by atoms with Crippen molar-refractivity contribution < 1.29 is 37.8 Å². The van der Waals surface area contributed by atoms with Gasteiger partial charge in [0.1, 0.15) is 5.75 Å². The van der Waals surface area contributed by atoms with Gasteiger partial charge in [-0.3, -0.25) is 0 Å². The Labute approximate surface area is 96.3 Å². The van der Waals surface area contributed by atoms with Crippen LogP contribution in [0.15, 0.2) is 36.4 Å². The first-order chi connectivity index (χ1) is 5.36. The molecule has 0 aliphatic heterocycles. The fraction of sp³-hybridized carbons (Fsp3) is 0. The first-order valence-corrected chi connectivity index (χ1v) is 3.45. The number of hydrogen-bond acceptors (Lipinski definition) is 1. The molecule has 0 spiro atoms. The SMILES string of the molecule is Oc1ccc2c[c-]ccc2c1.[Y]. The summed E-state index contributed by atoms with van der Waals surface area (Å²) in [5.74, 6) is 0.309. The summed E-state index contributed by atoms with van der Waals surface area (Å²) in [7, 11) is 0. The molecular weight excluding hydrogens is 225 g/mol. The number of rotatable bonds is 0. The second-order valence-electron chi connectivity index (χ2n) is 2.46. The van der Waals surface area contributed by atoms with Crippen LogP contribution >= 0.6 is 0 Å². The molecule has 2 rings (SSSR count). The average Bonchev–Trinajstić information content (AvgIpc) is 2.04. The average molecular weight is 232 g/mol. The van der Waals surface area contributed by atoms with Gasteiger partial charge in [0.2, 0.25) is 0 Å². The molecule has 0 aliphatic carbocycles. The van der Waals surface area contributed by atoms with Gasteiger partial charge in [0.25, 0.3) is 0 Å². The van der Waals surface area contributed by atoms with E-state index in [1.807, 2.05) is 24.3 Å². The van der Waals surface area contributed by atoms with Crippen molar-refractivity contribution >= 4 is 10.8 Å². The van der Waals surface area contributed by atoms with Gasteiger partial charge in [-0.15, -0.1) is 16.8 Å². The zero-order chi connectivity index (χ0) is 7.68. The van der Waals surface area contributed by atoms with Crippen molar-refractivity contribution in [1.82, 2.24) is 0 Å². The monoisotopic (exact) mass is 232 g/mol. The largest absolute Gasteiger partial charge is 0.508 e. The van der Waals surface area contributed by atoms with Crippen LogP contribution in [0.5, 0.6) is 5.75 Å². The normalized spacial score (nSPS) is 9.33. The third-order valence-electron chi connectivity index (χ3n) is 1.67. The quantitative estimate of drug-likeness (QED) is 0.691. The fourth-order valence-electron chi connectivity index (χ4n) is 1.11. The van der Waals surface area contributed by atoms with Gasteiger partial charge in [-0.25, -0.2) is 0 Å². The van der Waals surface area contributed by atoms with Crippen molar-refractivity contribution in [2.24, 2.45) is 0 Å². The first kappa shape index (κ1) is 9.69. The van der Waals surface area contributed by atoms with Crippen LogP contribution in [0.4, 0.5) is 0 Å². The third kappa shape index (κ3) is 1.85. The molecule has 0 aliphatic rings. The maximum Gasteiger partial charge on any atom is 0.113 e. The molecule has 0 bridgehead atoms. The molecule has 1 nitrogen and oxygen atoms in total. The van der Waals surface area contributed by atoms with Gasteiger partial charge in [0, 0.05) is 32.7 Å². The minimum absolute atomic E-state index is 0. The molecule has 2 aromatic rings. The number of benzene rings is 2. The van der Waals surface area contributed by atoms with E-state index in [4.69, 9.17) is 5.11 Å². The van der Waals surface area contributed by atoms with E-state index < -0.39 is 0 Å². The van der Waals surface area contributed by atoms with Crippen molar-refractivity contribution in [2.75, 3.05) is 0 Å². The summed E-state index contributed by atoms with van der Waals surface area (Å²) < 4.78 is 0. The number of phenols is 1. The Hall–Kier alpha value is -0.396. The smallest absolute Gasteiger partial charge is 0.113 e. The summed E-state index contributed by atoms with van der Waals surface area (Å²) in [4.78, 5) is 0. The Kier molecular flexibility index (Phi) is 3.24. The van der Waals surface area contributed by atoms with Gasteiger partial charge in [-0.1, -0.05) is 0 Å². The molecule has 0 unspecified atom stereocenters. The van der Waals surface area contributed by atoms with Crippen molar-refractivity contribution in [1.29, 1.82) is 0 Å². The molecule has 1 N–H and O–H groups in total. The minimum Gasteiger partial charge on any atom is -0.508 e. The van der Waals surface area contributed by atoms with Crippen molar-refractivity contribution in [3.63, 3.8) is 0 Å². The van der Waals surface area contributed by atoms with Crippen LogP contribution in [0.2, 0.25) is 0 Å². The Bertz CT molecular complexity index is 384. The zero-order valence-electron chi connectivity index (χ0n) is 6.49. The van der Waals surface area contributed by atoms with Gasteiger partial charge in [0.05, 0.1) is 0 Å². The Balaban J connectivity index is 0.000000720. The topological polar surface area (TPSA) is 20.2 Å². The standard InChI is InChI=1S/C10H7O.Y/c11-10-6-5-8-3-1-2-4-9(8)7-10;/h2-7,11H;/q-1;. The van der Waals surface area contributed by atoms with E-state index in [0.717, 1.165) is 10.8 Å². The van der Waals surface area contributed by atoms with E-state index in [0.29, 0.717) is 5.75 Å². The van der Waals surface area contributed by atoms with Crippen molar-refractivity contribution in [2.45, 2.75) is 0 Å². The summed E-state index contributed by atoms with van der Waals surface area (Å²) in [6.45, 7) is 0. The summed E-state index contributed by atoms with van der Waals surface area (Å²) in [6, 6.07) is 13.9. The van der Waals surface area contributed by atoms with Gasteiger partial charge >= 0.3 is 0 Å². The van der Waals surface area contributed by atoms with E-state index in [1.54, 1.807) is 12.1 Å². The van der Waals surface area contributed by atoms with Crippen LogP contribution in [0.3, 0.4) is 0 Å². The fourth-order valence-corrected chi connectivity index (χ4v) is 1.11. The van der Waals surface area contributed by atoms with Crippen LogP contribution in [-0.2, 0) is 32.7 Å². The maximum atomic E-state index is 9.12. The van der Waals surface area contributed by atoms with Gasteiger partial charge in [-0.2, -0.15) is 24.3 Å². The maximum absolute atomic E-state index is 9.12. The molecule has 0 aromatic heterocycles. The first-order valence-electron chi connectivity index (χ1n) is 3.45. The molecule has 0 fully saturated rings. The molecule has 0 amide bonds. The Morgan fingerprint density at radius 3 is 2.75 bits per heavy atom. The second-order valence-corrected chi connectivity index (χ2v) is 2.46. The molecule has 2 heteroatoms. The van der Waals surface area contributed by atoms with Crippen molar-refractivity contribution in [3.8, 4) is 5.75 Å². The second kappa shape index (κ2) is 4.02. The molecule has 57 valence electrons. The van der Waals surface area contributed by atoms with Crippen LogP contribution in [0.25, 0.3) is 10.8 Å². The summed E-state index contributed by atoms with van der Waals surface area (Å²) in [6.07, 6.45) is 0. The summed E-state index contributed by atoms with van der Waals surface area (Å²) >= 11 is 0. The summed E-state index contributed by atoms with van der Waals surface area (Å²) in [5, 5.41) is 11.3. The Morgan fingerprint density at radius 1 is 1.08 bits per heavy atom. The van der Waals surface area contributed by atoms with Crippen molar-refractivity contribution in [3.05, 3.63) is 42.5 Å². The zero-order valence-corrected chi connectivity index (χ0v) is 9.33. The van der Waals surface area contributed by atoms with E-state index in [2.05, 4.69) is 6.07 Å². The molecular formula is C10H7OY-. The van der Waals surface area contributed by atoms with Gasteiger partial charge < -0.3 is 5.11 Å². The summed E-state index contributed by atoms with van der Waals surface area (Å²) in [5.41, 5.74) is 0. The molecule has 0 saturated carbocycles. The molecule has 0 atom stereocenters. The molecule has 2 aromatic carbocycles.